The average molecular weight is 319 g/mol. The molecule has 112 valence electrons. The first-order chi connectivity index (χ1) is 9.99. The molecule has 0 unspecified atom stereocenters. The highest BCUT2D eigenvalue weighted by Crippen LogP contribution is 2.27. The van der Waals surface area contributed by atoms with Crippen molar-refractivity contribution in [3.05, 3.63) is 44.9 Å². The van der Waals surface area contributed by atoms with Gasteiger partial charge in [-0.3, -0.25) is 4.40 Å². The van der Waals surface area contributed by atoms with Crippen molar-refractivity contribution in [2.45, 2.75) is 39.7 Å². The van der Waals surface area contributed by atoms with Crippen LogP contribution in [0.2, 0.25) is 0 Å². The van der Waals surface area contributed by atoms with Crippen molar-refractivity contribution in [2.75, 3.05) is 6.54 Å². The van der Waals surface area contributed by atoms with Crippen LogP contribution in [0.1, 0.15) is 35.8 Å². The standard InChI is InChI=1S/C16H21N3S2/c1-11-9-21-15-18-12(2)13(19(11)15)8-17-10-16(3,4)14-6-5-7-20-14/h5-7,9,17H,8,10H2,1-4H3. The summed E-state index contributed by atoms with van der Waals surface area (Å²) in [5.74, 6) is 0. The van der Waals surface area contributed by atoms with Gasteiger partial charge < -0.3 is 5.32 Å². The molecule has 21 heavy (non-hydrogen) atoms. The highest BCUT2D eigenvalue weighted by Gasteiger charge is 2.21. The smallest absolute Gasteiger partial charge is 0.194 e. The summed E-state index contributed by atoms with van der Waals surface area (Å²) in [7, 11) is 0. The minimum Gasteiger partial charge on any atom is -0.310 e. The highest BCUT2D eigenvalue weighted by molar-refractivity contribution is 7.15. The number of aromatic nitrogens is 2. The van der Waals surface area contributed by atoms with Gasteiger partial charge in [0.25, 0.3) is 0 Å². The number of fused-ring (bicyclic) bond motifs is 1. The van der Waals surface area contributed by atoms with Crippen LogP contribution in [0.3, 0.4) is 0 Å². The van der Waals surface area contributed by atoms with Crippen molar-refractivity contribution in [3.63, 3.8) is 0 Å². The Balaban J connectivity index is 1.72. The number of imidazole rings is 1. The lowest BCUT2D eigenvalue weighted by Crippen LogP contribution is -2.32. The van der Waals surface area contributed by atoms with E-state index in [2.05, 4.69) is 65.3 Å². The van der Waals surface area contributed by atoms with Crippen LogP contribution in [0.4, 0.5) is 0 Å². The first-order valence-electron chi connectivity index (χ1n) is 7.16. The number of thiazole rings is 1. The predicted octanol–water partition coefficient (Wildman–Crippen LogP) is 4.14. The third kappa shape index (κ3) is 2.78. The number of thiophene rings is 1. The molecule has 0 spiro atoms. The average Bonchev–Trinajstić information content (AvgIpc) is 3.11. The van der Waals surface area contributed by atoms with E-state index < -0.39 is 0 Å². The van der Waals surface area contributed by atoms with Gasteiger partial charge in [-0.25, -0.2) is 4.98 Å². The van der Waals surface area contributed by atoms with Gasteiger partial charge in [0, 0.05) is 34.5 Å². The van der Waals surface area contributed by atoms with Crippen molar-refractivity contribution in [1.82, 2.24) is 14.7 Å². The van der Waals surface area contributed by atoms with Crippen LogP contribution < -0.4 is 5.32 Å². The topological polar surface area (TPSA) is 29.3 Å². The molecule has 3 aromatic heterocycles. The van der Waals surface area contributed by atoms with Crippen LogP contribution in [0.15, 0.2) is 22.9 Å². The summed E-state index contributed by atoms with van der Waals surface area (Å²) in [4.78, 5) is 7.17. The minimum absolute atomic E-state index is 0.162. The Kier molecular flexibility index (Phi) is 3.90. The lowest BCUT2D eigenvalue weighted by molar-refractivity contribution is 0.473. The van der Waals surface area contributed by atoms with Crippen LogP contribution in [0.25, 0.3) is 4.96 Å². The molecule has 0 atom stereocenters. The Labute approximate surface area is 133 Å². The molecule has 0 radical (unpaired) electrons. The van der Waals surface area contributed by atoms with Crippen molar-refractivity contribution in [3.8, 4) is 0 Å². The van der Waals surface area contributed by atoms with Crippen molar-refractivity contribution >= 4 is 27.6 Å². The summed E-state index contributed by atoms with van der Waals surface area (Å²) in [5.41, 5.74) is 3.84. The second-order valence-electron chi connectivity index (χ2n) is 6.10. The van der Waals surface area contributed by atoms with E-state index in [9.17, 15) is 0 Å². The maximum absolute atomic E-state index is 4.64. The van der Waals surface area contributed by atoms with Crippen LogP contribution >= 0.6 is 22.7 Å². The molecule has 5 heteroatoms. The molecule has 0 bridgehead atoms. The summed E-state index contributed by atoms with van der Waals surface area (Å²) in [6.45, 7) is 10.6. The zero-order valence-electron chi connectivity index (χ0n) is 12.9. The Bertz CT molecular complexity index is 735. The SMILES string of the molecule is Cc1nc2scc(C)n2c1CNCC(C)(C)c1cccs1. The molecule has 0 amide bonds. The first kappa shape index (κ1) is 14.8. The Morgan fingerprint density at radius 1 is 1.29 bits per heavy atom. The Morgan fingerprint density at radius 3 is 2.81 bits per heavy atom. The Hall–Kier alpha value is -1.17. The summed E-state index contributed by atoms with van der Waals surface area (Å²) in [5, 5.41) is 7.93. The normalized spacial score (nSPS) is 12.4. The number of hydrogen-bond donors (Lipinski definition) is 1. The number of rotatable bonds is 5. The summed E-state index contributed by atoms with van der Waals surface area (Å²) < 4.78 is 2.27. The molecule has 0 aliphatic heterocycles. The van der Waals surface area contributed by atoms with E-state index in [0.29, 0.717) is 0 Å². The van der Waals surface area contributed by atoms with E-state index in [1.54, 1.807) is 11.3 Å². The number of nitrogens with one attached hydrogen (secondary N) is 1. The zero-order valence-corrected chi connectivity index (χ0v) is 14.6. The number of aryl methyl sites for hydroxylation is 2. The summed E-state index contributed by atoms with van der Waals surface area (Å²) in [6.07, 6.45) is 0. The lowest BCUT2D eigenvalue weighted by atomic mass is 9.91. The molecule has 0 aliphatic carbocycles. The highest BCUT2D eigenvalue weighted by atomic mass is 32.1. The first-order valence-corrected chi connectivity index (χ1v) is 8.92. The van der Waals surface area contributed by atoms with E-state index >= 15 is 0 Å². The van der Waals surface area contributed by atoms with Crippen LogP contribution in [0, 0.1) is 13.8 Å². The quantitative estimate of drug-likeness (QED) is 0.766. The molecule has 3 aromatic rings. The van der Waals surface area contributed by atoms with Gasteiger partial charge in [0.15, 0.2) is 4.96 Å². The molecule has 3 rings (SSSR count). The summed E-state index contributed by atoms with van der Waals surface area (Å²) >= 11 is 3.54. The molecule has 3 nitrogen and oxygen atoms in total. The maximum atomic E-state index is 4.64. The van der Waals surface area contributed by atoms with Gasteiger partial charge in [-0.1, -0.05) is 19.9 Å². The van der Waals surface area contributed by atoms with Gasteiger partial charge in [-0.15, -0.1) is 22.7 Å². The van der Waals surface area contributed by atoms with Crippen molar-refractivity contribution in [1.29, 1.82) is 0 Å². The van der Waals surface area contributed by atoms with Crippen LogP contribution in [0.5, 0.6) is 0 Å². The molecule has 0 saturated heterocycles. The van der Waals surface area contributed by atoms with E-state index in [1.165, 1.54) is 16.3 Å². The molecular weight excluding hydrogens is 298 g/mol. The van der Waals surface area contributed by atoms with Crippen molar-refractivity contribution < 1.29 is 0 Å². The maximum Gasteiger partial charge on any atom is 0.194 e. The molecule has 0 aromatic carbocycles. The van der Waals surface area contributed by atoms with Gasteiger partial charge in [-0.05, 0) is 25.3 Å². The number of hydrogen-bond acceptors (Lipinski definition) is 4. The molecule has 0 fully saturated rings. The predicted molar refractivity (Wildman–Crippen MR) is 91.6 cm³/mol. The van der Waals surface area contributed by atoms with E-state index in [0.717, 1.165) is 23.7 Å². The van der Waals surface area contributed by atoms with Gasteiger partial charge in [0.2, 0.25) is 0 Å². The fourth-order valence-corrected chi connectivity index (χ4v) is 4.40. The van der Waals surface area contributed by atoms with Gasteiger partial charge in [0.1, 0.15) is 0 Å². The second-order valence-corrected chi connectivity index (χ2v) is 7.89. The van der Waals surface area contributed by atoms with Gasteiger partial charge in [0.05, 0.1) is 11.4 Å². The minimum atomic E-state index is 0.162. The van der Waals surface area contributed by atoms with E-state index in [4.69, 9.17) is 0 Å². The largest absolute Gasteiger partial charge is 0.310 e. The Morgan fingerprint density at radius 2 is 2.10 bits per heavy atom. The fourth-order valence-electron chi connectivity index (χ4n) is 2.62. The van der Waals surface area contributed by atoms with Gasteiger partial charge >= 0.3 is 0 Å². The van der Waals surface area contributed by atoms with E-state index in [1.807, 2.05) is 11.3 Å². The molecule has 0 aliphatic rings. The van der Waals surface area contributed by atoms with E-state index in [-0.39, 0.29) is 5.41 Å². The molecule has 1 N–H and O–H groups in total. The van der Waals surface area contributed by atoms with Gasteiger partial charge in [-0.2, -0.15) is 0 Å². The molecule has 3 heterocycles. The summed E-state index contributed by atoms with van der Waals surface area (Å²) in [6, 6.07) is 4.35. The third-order valence-electron chi connectivity index (χ3n) is 3.88. The monoisotopic (exact) mass is 319 g/mol. The third-order valence-corrected chi connectivity index (χ3v) is 6.06. The van der Waals surface area contributed by atoms with Crippen molar-refractivity contribution in [2.24, 2.45) is 0 Å². The zero-order chi connectivity index (χ0) is 15.0. The molecular formula is C16H21N3S2. The fraction of sp³-hybridized carbons (Fsp3) is 0.438. The van der Waals surface area contributed by atoms with Crippen LogP contribution in [-0.2, 0) is 12.0 Å². The number of nitrogens with zero attached hydrogens (tertiary/aromatic N) is 2. The lowest BCUT2D eigenvalue weighted by Gasteiger charge is -2.23. The second kappa shape index (κ2) is 5.55. The molecule has 0 saturated carbocycles. The van der Waals surface area contributed by atoms with Crippen LogP contribution in [-0.4, -0.2) is 15.9 Å².